The van der Waals surface area contributed by atoms with Crippen LogP contribution in [0.15, 0.2) is 28.8 Å². The van der Waals surface area contributed by atoms with E-state index in [1.54, 1.807) is 0 Å². The van der Waals surface area contributed by atoms with Crippen molar-refractivity contribution in [1.29, 1.82) is 0 Å². The van der Waals surface area contributed by atoms with Gasteiger partial charge in [-0.1, -0.05) is 6.92 Å². The van der Waals surface area contributed by atoms with Crippen molar-refractivity contribution >= 4 is 18.3 Å². The first kappa shape index (κ1) is 20.0. The lowest BCUT2D eigenvalue weighted by Crippen LogP contribution is -2.38. The second-order valence-electron chi connectivity index (χ2n) is 7.35. The quantitative estimate of drug-likeness (QED) is 0.860. The number of hydrogen-bond acceptors (Lipinski definition) is 4. The van der Waals surface area contributed by atoms with Crippen molar-refractivity contribution in [1.82, 2.24) is 20.0 Å². The van der Waals surface area contributed by atoms with Gasteiger partial charge in [0.25, 0.3) is 5.91 Å². The first-order valence-electron chi connectivity index (χ1n) is 9.91. The van der Waals surface area contributed by atoms with E-state index in [1.165, 1.54) is 0 Å². The van der Waals surface area contributed by atoms with Crippen LogP contribution in [0.5, 0.6) is 0 Å². The SMILES string of the molecule is CCc1ccc(C2CCCCN2C(=O)c2ccn(C3CCCNC3)n2)o1.Cl. The number of likely N-dealkylation sites (tertiary alicyclic amines) is 1. The van der Waals surface area contributed by atoms with Crippen LogP contribution in [0.25, 0.3) is 0 Å². The third kappa shape index (κ3) is 4.22. The Hall–Kier alpha value is -1.79. The number of hydrogen-bond donors (Lipinski definition) is 1. The summed E-state index contributed by atoms with van der Waals surface area (Å²) in [5.41, 5.74) is 0.546. The Bertz CT molecular complexity index is 751. The zero-order chi connectivity index (χ0) is 17.9. The summed E-state index contributed by atoms with van der Waals surface area (Å²) in [6, 6.07) is 6.29. The number of piperidine rings is 2. The molecule has 0 bridgehead atoms. The van der Waals surface area contributed by atoms with E-state index >= 15 is 0 Å². The molecule has 2 unspecified atom stereocenters. The smallest absolute Gasteiger partial charge is 0.274 e. The van der Waals surface area contributed by atoms with Gasteiger partial charge in [0.05, 0.1) is 12.1 Å². The van der Waals surface area contributed by atoms with E-state index in [-0.39, 0.29) is 24.4 Å². The molecule has 1 amide bonds. The van der Waals surface area contributed by atoms with Crippen molar-refractivity contribution < 1.29 is 9.21 Å². The first-order chi connectivity index (χ1) is 12.8. The van der Waals surface area contributed by atoms with Crippen LogP contribution < -0.4 is 5.32 Å². The highest BCUT2D eigenvalue weighted by molar-refractivity contribution is 5.92. The predicted molar refractivity (Wildman–Crippen MR) is 106 cm³/mol. The molecule has 0 spiro atoms. The number of halogens is 1. The minimum Gasteiger partial charge on any atom is -0.464 e. The fourth-order valence-corrected chi connectivity index (χ4v) is 4.10. The van der Waals surface area contributed by atoms with Gasteiger partial charge in [0.15, 0.2) is 0 Å². The first-order valence-corrected chi connectivity index (χ1v) is 9.91. The van der Waals surface area contributed by atoms with Gasteiger partial charge in [-0.3, -0.25) is 9.48 Å². The largest absolute Gasteiger partial charge is 0.464 e. The molecule has 2 fully saturated rings. The van der Waals surface area contributed by atoms with Crippen LogP contribution in [0, 0.1) is 0 Å². The second-order valence-corrected chi connectivity index (χ2v) is 7.35. The number of aryl methyl sites for hydroxylation is 1. The molecule has 6 nitrogen and oxygen atoms in total. The van der Waals surface area contributed by atoms with Crippen LogP contribution in [0.1, 0.15) is 73.1 Å². The standard InChI is InChI=1S/C20H28N4O2.ClH/c1-2-16-8-9-19(26-16)18-7-3-4-12-23(18)20(25)17-10-13-24(22-17)15-6-5-11-21-14-15;/h8-10,13,15,18,21H,2-7,11-12,14H2,1H3;1H. The monoisotopic (exact) mass is 392 g/mol. The third-order valence-corrected chi connectivity index (χ3v) is 5.60. The number of carbonyl (C=O) groups excluding carboxylic acids is 1. The molecule has 27 heavy (non-hydrogen) atoms. The topological polar surface area (TPSA) is 63.3 Å². The molecule has 2 aliphatic rings. The maximum absolute atomic E-state index is 13.1. The van der Waals surface area contributed by atoms with Gasteiger partial charge in [-0.05, 0) is 56.8 Å². The van der Waals surface area contributed by atoms with Gasteiger partial charge in [-0.25, -0.2) is 0 Å². The molecular weight excluding hydrogens is 364 g/mol. The van der Waals surface area contributed by atoms with E-state index in [9.17, 15) is 4.79 Å². The fraction of sp³-hybridized carbons (Fsp3) is 0.600. The lowest BCUT2D eigenvalue weighted by atomic mass is 9.99. The van der Waals surface area contributed by atoms with Crippen LogP contribution in [0.4, 0.5) is 0 Å². The molecule has 2 aromatic heterocycles. The van der Waals surface area contributed by atoms with E-state index in [1.807, 2.05) is 34.0 Å². The summed E-state index contributed by atoms with van der Waals surface area (Å²) in [5, 5.41) is 8.02. The number of nitrogens with zero attached hydrogens (tertiary/aromatic N) is 3. The molecule has 2 atom stereocenters. The summed E-state index contributed by atoms with van der Waals surface area (Å²) in [6.07, 6.45) is 8.21. The molecule has 0 radical (unpaired) electrons. The highest BCUT2D eigenvalue weighted by Crippen LogP contribution is 2.33. The van der Waals surface area contributed by atoms with Gasteiger partial charge in [-0.2, -0.15) is 5.10 Å². The minimum absolute atomic E-state index is 0. The summed E-state index contributed by atoms with van der Waals surface area (Å²) < 4.78 is 7.92. The van der Waals surface area contributed by atoms with Crippen molar-refractivity contribution in [2.75, 3.05) is 19.6 Å². The predicted octanol–water partition coefficient (Wildman–Crippen LogP) is 3.75. The average molecular weight is 393 g/mol. The zero-order valence-corrected chi connectivity index (χ0v) is 16.7. The van der Waals surface area contributed by atoms with Crippen molar-refractivity contribution in [3.05, 3.63) is 41.6 Å². The van der Waals surface area contributed by atoms with E-state index in [4.69, 9.17) is 4.42 Å². The summed E-state index contributed by atoms with van der Waals surface area (Å²) >= 11 is 0. The van der Waals surface area contributed by atoms with Crippen molar-refractivity contribution in [3.63, 3.8) is 0 Å². The van der Waals surface area contributed by atoms with Gasteiger partial charge >= 0.3 is 0 Å². The number of aromatic nitrogens is 2. The van der Waals surface area contributed by atoms with E-state index in [2.05, 4.69) is 17.3 Å². The molecule has 2 aliphatic heterocycles. The molecule has 1 N–H and O–H groups in total. The van der Waals surface area contributed by atoms with Crippen LogP contribution in [0.3, 0.4) is 0 Å². The van der Waals surface area contributed by atoms with Crippen LogP contribution in [0.2, 0.25) is 0 Å². The van der Waals surface area contributed by atoms with E-state index in [0.717, 1.165) is 69.7 Å². The molecule has 148 valence electrons. The molecule has 7 heteroatoms. The normalized spacial score (nSPS) is 23.1. The molecular formula is C20H29ClN4O2. The molecule has 2 saturated heterocycles. The van der Waals surface area contributed by atoms with Crippen molar-refractivity contribution in [2.24, 2.45) is 0 Å². The van der Waals surface area contributed by atoms with E-state index < -0.39 is 0 Å². The maximum atomic E-state index is 13.1. The lowest BCUT2D eigenvalue weighted by molar-refractivity contribution is 0.0571. The molecule has 4 heterocycles. The van der Waals surface area contributed by atoms with Gasteiger partial charge in [0.2, 0.25) is 0 Å². The van der Waals surface area contributed by atoms with Gasteiger partial charge in [0, 0.05) is 25.7 Å². The highest BCUT2D eigenvalue weighted by atomic mass is 35.5. The van der Waals surface area contributed by atoms with E-state index in [0.29, 0.717) is 11.7 Å². The van der Waals surface area contributed by atoms with Gasteiger partial charge in [-0.15, -0.1) is 12.4 Å². The van der Waals surface area contributed by atoms with Crippen LogP contribution >= 0.6 is 12.4 Å². The second kappa shape index (κ2) is 8.93. The molecule has 0 aromatic carbocycles. The van der Waals surface area contributed by atoms with Crippen molar-refractivity contribution in [3.8, 4) is 0 Å². The fourth-order valence-electron chi connectivity index (χ4n) is 4.10. The Morgan fingerprint density at radius 1 is 1.26 bits per heavy atom. The molecule has 0 aliphatic carbocycles. The Morgan fingerprint density at radius 3 is 2.89 bits per heavy atom. The minimum atomic E-state index is 0. The summed E-state index contributed by atoms with van der Waals surface area (Å²) in [6.45, 7) is 4.85. The molecule has 2 aromatic rings. The maximum Gasteiger partial charge on any atom is 0.274 e. The third-order valence-electron chi connectivity index (χ3n) is 5.60. The zero-order valence-electron chi connectivity index (χ0n) is 15.9. The Morgan fingerprint density at radius 2 is 2.15 bits per heavy atom. The van der Waals surface area contributed by atoms with Gasteiger partial charge in [0.1, 0.15) is 17.2 Å². The van der Waals surface area contributed by atoms with Crippen LogP contribution in [-0.4, -0.2) is 40.2 Å². The number of nitrogens with one attached hydrogen (secondary N) is 1. The Balaban J connectivity index is 0.00000210. The highest BCUT2D eigenvalue weighted by Gasteiger charge is 2.32. The summed E-state index contributed by atoms with van der Waals surface area (Å²) in [4.78, 5) is 15.1. The molecule has 4 rings (SSSR count). The van der Waals surface area contributed by atoms with Gasteiger partial charge < -0.3 is 14.6 Å². The lowest BCUT2D eigenvalue weighted by Gasteiger charge is -2.34. The summed E-state index contributed by atoms with van der Waals surface area (Å²) in [5.74, 6) is 1.91. The Kier molecular flexibility index (Phi) is 6.60. The Labute approximate surface area is 166 Å². The number of rotatable bonds is 4. The summed E-state index contributed by atoms with van der Waals surface area (Å²) in [7, 11) is 0. The average Bonchev–Trinajstić information content (AvgIpc) is 3.38. The number of furan rings is 1. The number of carbonyl (C=O) groups is 1. The van der Waals surface area contributed by atoms with Crippen molar-refractivity contribution in [2.45, 2.75) is 57.5 Å². The number of amides is 1. The van der Waals surface area contributed by atoms with Crippen LogP contribution in [-0.2, 0) is 6.42 Å². The molecule has 0 saturated carbocycles.